The number of halogens is 1. The molecule has 0 atom stereocenters. The third kappa shape index (κ3) is 6.30. The summed E-state index contributed by atoms with van der Waals surface area (Å²) in [6.45, 7) is 3.23. The van der Waals surface area contributed by atoms with Crippen molar-refractivity contribution in [3.63, 3.8) is 0 Å². The lowest BCUT2D eigenvalue weighted by Gasteiger charge is -2.11. The van der Waals surface area contributed by atoms with Crippen molar-refractivity contribution >= 4 is 50.9 Å². The minimum Gasteiger partial charge on any atom is -0.492 e. The molecular formula is C19H21BrN2O2S2. The number of carbonyl (C=O) groups is 1. The van der Waals surface area contributed by atoms with Crippen molar-refractivity contribution < 1.29 is 9.53 Å². The van der Waals surface area contributed by atoms with Gasteiger partial charge in [0.25, 0.3) is 5.91 Å². The number of ether oxygens (including phenoxy) is 1. The van der Waals surface area contributed by atoms with Gasteiger partial charge in [-0.15, -0.1) is 11.8 Å². The van der Waals surface area contributed by atoms with Gasteiger partial charge >= 0.3 is 0 Å². The first-order valence-corrected chi connectivity index (χ1v) is 10.6. The Bertz CT molecular complexity index is 767. The number of nitrogens with one attached hydrogen (secondary N) is 2. The fraction of sp³-hybridized carbons (Fsp3) is 0.263. The highest BCUT2D eigenvalue weighted by atomic mass is 79.9. The molecule has 0 saturated heterocycles. The summed E-state index contributed by atoms with van der Waals surface area (Å²) >= 11 is 10.3. The van der Waals surface area contributed by atoms with Crippen LogP contribution in [0.2, 0.25) is 0 Å². The van der Waals surface area contributed by atoms with Gasteiger partial charge in [-0.25, -0.2) is 0 Å². The van der Waals surface area contributed by atoms with E-state index < -0.39 is 0 Å². The molecule has 2 aromatic rings. The predicted octanol–water partition coefficient (Wildman–Crippen LogP) is 4.76. The molecular weight excluding hydrogens is 432 g/mol. The monoisotopic (exact) mass is 452 g/mol. The van der Waals surface area contributed by atoms with E-state index in [0.717, 1.165) is 22.2 Å². The Kier molecular flexibility index (Phi) is 8.41. The van der Waals surface area contributed by atoms with E-state index in [1.54, 1.807) is 30.0 Å². The van der Waals surface area contributed by atoms with Gasteiger partial charge in [-0.2, -0.15) is 0 Å². The Hall–Kier alpha value is -1.57. The Morgan fingerprint density at radius 1 is 1.23 bits per heavy atom. The number of carbonyl (C=O) groups excluding carboxylic acids is 1. The molecule has 0 aromatic heterocycles. The van der Waals surface area contributed by atoms with Crippen molar-refractivity contribution in [2.24, 2.45) is 0 Å². The summed E-state index contributed by atoms with van der Waals surface area (Å²) in [6.07, 6.45) is 2.97. The van der Waals surface area contributed by atoms with E-state index in [-0.39, 0.29) is 5.91 Å². The first-order chi connectivity index (χ1) is 12.5. The maximum atomic E-state index is 12.3. The van der Waals surface area contributed by atoms with Gasteiger partial charge in [0.2, 0.25) is 0 Å². The maximum absolute atomic E-state index is 12.3. The van der Waals surface area contributed by atoms with E-state index in [0.29, 0.717) is 23.8 Å². The number of thiocarbonyl (C=S) groups is 1. The predicted molar refractivity (Wildman–Crippen MR) is 115 cm³/mol. The number of rotatable bonds is 7. The van der Waals surface area contributed by atoms with Crippen LogP contribution in [0.25, 0.3) is 0 Å². The Labute approximate surface area is 172 Å². The van der Waals surface area contributed by atoms with Crippen LogP contribution in [0, 0.1) is 0 Å². The third-order valence-electron chi connectivity index (χ3n) is 3.49. The molecule has 2 rings (SSSR count). The molecule has 0 unspecified atom stereocenters. The molecule has 26 heavy (non-hydrogen) atoms. The molecule has 7 heteroatoms. The standard InChI is InChI=1S/C19H21BrN2O2S2/c1-3-10-24-17-9-6-14(11-16(17)20)18(23)22-19(25)21-12-13-4-7-15(26-2)8-5-13/h4-9,11H,3,10,12H2,1-2H3,(H2,21,22,23,25). The van der Waals surface area contributed by atoms with Crippen LogP contribution in [-0.4, -0.2) is 23.9 Å². The zero-order valence-corrected chi connectivity index (χ0v) is 17.9. The lowest BCUT2D eigenvalue weighted by molar-refractivity contribution is 0.0976. The molecule has 0 aliphatic rings. The molecule has 0 radical (unpaired) electrons. The Balaban J connectivity index is 1.87. The van der Waals surface area contributed by atoms with Crippen LogP contribution in [0.5, 0.6) is 5.75 Å². The number of hydrogen-bond donors (Lipinski definition) is 2. The normalized spacial score (nSPS) is 10.3. The van der Waals surface area contributed by atoms with Gasteiger partial charge < -0.3 is 10.1 Å². The van der Waals surface area contributed by atoms with Crippen LogP contribution in [0.1, 0.15) is 29.3 Å². The molecule has 0 heterocycles. The Morgan fingerprint density at radius 3 is 2.58 bits per heavy atom. The summed E-state index contributed by atoms with van der Waals surface area (Å²) in [6, 6.07) is 13.4. The number of thioether (sulfide) groups is 1. The summed E-state index contributed by atoms with van der Waals surface area (Å²) in [5.41, 5.74) is 1.61. The molecule has 0 fully saturated rings. The Morgan fingerprint density at radius 2 is 1.96 bits per heavy atom. The first kappa shape index (κ1) is 20.7. The summed E-state index contributed by atoms with van der Waals surface area (Å²) in [7, 11) is 0. The van der Waals surface area contributed by atoms with Crippen LogP contribution < -0.4 is 15.4 Å². The molecule has 0 saturated carbocycles. The van der Waals surface area contributed by atoms with Crippen LogP contribution in [0.3, 0.4) is 0 Å². The van der Waals surface area contributed by atoms with Gasteiger partial charge in [-0.3, -0.25) is 10.1 Å². The fourth-order valence-corrected chi connectivity index (χ4v) is 3.18. The summed E-state index contributed by atoms with van der Waals surface area (Å²) < 4.78 is 6.33. The second kappa shape index (κ2) is 10.5. The molecule has 2 aromatic carbocycles. The lowest BCUT2D eigenvalue weighted by atomic mass is 10.2. The lowest BCUT2D eigenvalue weighted by Crippen LogP contribution is -2.38. The SMILES string of the molecule is CCCOc1ccc(C(=O)NC(=S)NCc2ccc(SC)cc2)cc1Br. The zero-order chi connectivity index (χ0) is 18.9. The number of benzene rings is 2. The van der Waals surface area contributed by atoms with E-state index in [1.807, 2.05) is 25.3 Å². The van der Waals surface area contributed by atoms with Crippen molar-refractivity contribution in [3.8, 4) is 5.75 Å². The largest absolute Gasteiger partial charge is 0.492 e. The molecule has 4 nitrogen and oxygen atoms in total. The van der Waals surface area contributed by atoms with Crippen molar-refractivity contribution in [1.82, 2.24) is 10.6 Å². The molecule has 138 valence electrons. The molecule has 0 spiro atoms. The van der Waals surface area contributed by atoms with Gasteiger partial charge in [0.15, 0.2) is 5.11 Å². The fourth-order valence-electron chi connectivity index (χ4n) is 2.12. The minimum atomic E-state index is -0.261. The van der Waals surface area contributed by atoms with Crippen molar-refractivity contribution in [1.29, 1.82) is 0 Å². The van der Waals surface area contributed by atoms with Crippen LogP contribution in [0.15, 0.2) is 51.8 Å². The quantitative estimate of drug-likeness (QED) is 0.468. The average molecular weight is 453 g/mol. The van der Waals surface area contributed by atoms with Gasteiger partial charge in [0.05, 0.1) is 11.1 Å². The van der Waals surface area contributed by atoms with Crippen LogP contribution in [0.4, 0.5) is 0 Å². The van der Waals surface area contributed by atoms with Gasteiger partial charge in [-0.1, -0.05) is 19.1 Å². The molecule has 0 aliphatic carbocycles. The number of hydrogen-bond acceptors (Lipinski definition) is 4. The van der Waals surface area contributed by atoms with Crippen molar-refractivity contribution in [2.45, 2.75) is 24.8 Å². The van der Waals surface area contributed by atoms with Crippen molar-refractivity contribution in [2.75, 3.05) is 12.9 Å². The highest BCUT2D eigenvalue weighted by Gasteiger charge is 2.11. The van der Waals surface area contributed by atoms with Crippen LogP contribution >= 0.6 is 39.9 Å². The highest BCUT2D eigenvalue weighted by Crippen LogP contribution is 2.26. The second-order valence-corrected chi connectivity index (χ2v) is 7.62. The topological polar surface area (TPSA) is 50.4 Å². The maximum Gasteiger partial charge on any atom is 0.257 e. The van der Waals surface area contributed by atoms with Gasteiger partial charge in [-0.05, 0) is 76.7 Å². The summed E-state index contributed by atoms with van der Waals surface area (Å²) in [5, 5.41) is 6.04. The third-order valence-corrected chi connectivity index (χ3v) is 5.10. The number of amides is 1. The second-order valence-electron chi connectivity index (χ2n) is 5.48. The van der Waals surface area contributed by atoms with Crippen molar-refractivity contribution in [3.05, 3.63) is 58.1 Å². The highest BCUT2D eigenvalue weighted by molar-refractivity contribution is 9.10. The summed E-state index contributed by atoms with van der Waals surface area (Å²) in [5.74, 6) is 0.459. The summed E-state index contributed by atoms with van der Waals surface area (Å²) in [4.78, 5) is 13.5. The first-order valence-electron chi connectivity index (χ1n) is 8.18. The van der Waals surface area contributed by atoms with E-state index >= 15 is 0 Å². The van der Waals surface area contributed by atoms with E-state index in [2.05, 4.69) is 38.7 Å². The molecule has 1 amide bonds. The molecule has 2 N–H and O–H groups in total. The van der Waals surface area contributed by atoms with E-state index in [1.165, 1.54) is 4.90 Å². The van der Waals surface area contributed by atoms with Crippen LogP contribution in [-0.2, 0) is 6.54 Å². The van der Waals surface area contributed by atoms with Gasteiger partial charge in [0, 0.05) is 17.0 Å². The molecule has 0 aliphatic heterocycles. The van der Waals surface area contributed by atoms with Gasteiger partial charge in [0.1, 0.15) is 5.75 Å². The minimum absolute atomic E-state index is 0.261. The van der Waals surface area contributed by atoms with E-state index in [9.17, 15) is 4.79 Å². The smallest absolute Gasteiger partial charge is 0.257 e. The zero-order valence-electron chi connectivity index (χ0n) is 14.7. The van der Waals surface area contributed by atoms with E-state index in [4.69, 9.17) is 17.0 Å². The average Bonchev–Trinajstić information content (AvgIpc) is 2.65. The molecule has 0 bridgehead atoms.